The van der Waals surface area contributed by atoms with Gasteiger partial charge in [-0.1, -0.05) is 66.7 Å². The summed E-state index contributed by atoms with van der Waals surface area (Å²) in [6, 6.07) is 25.6. The fraction of sp³-hybridized carbons (Fsp3) is 0.0870. The zero-order valence-electron chi connectivity index (χ0n) is 16.1. The van der Waals surface area contributed by atoms with Gasteiger partial charge in [-0.25, -0.2) is 0 Å². The lowest BCUT2D eigenvalue weighted by molar-refractivity contribution is -0.129. The molecule has 30 heavy (non-hydrogen) atoms. The molecule has 7 heteroatoms. The van der Waals surface area contributed by atoms with Gasteiger partial charge in [0.25, 0.3) is 17.7 Å². The van der Waals surface area contributed by atoms with Gasteiger partial charge in [0.15, 0.2) is 6.61 Å². The number of hydrazine groups is 1. The molecule has 0 atom stereocenters. The summed E-state index contributed by atoms with van der Waals surface area (Å²) < 4.78 is 5.61. The highest BCUT2D eigenvalue weighted by Gasteiger charge is 2.10. The first-order chi connectivity index (χ1) is 14.6. The van der Waals surface area contributed by atoms with Crippen molar-refractivity contribution in [2.45, 2.75) is 0 Å². The highest BCUT2D eigenvalue weighted by Crippen LogP contribution is 2.29. The molecule has 152 valence electrons. The standard InChI is InChI=1S/C23H21N3O4/c27-21(15-24-23(29)18-11-5-2-6-12-18)25-26-22(28)16-30-20-14-8-7-13-19(20)17-9-3-1-4-10-17/h1-14H,15-16H2,(H,24,29)(H,25,27)(H,26,28). The maximum Gasteiger partial charge on any atom is 0.276 e. The van der Waals surface area contributed by atoms with Crippen LogP contribution < -0.4 is 20.9 Å². The van der Waals surface area contributed by atoms with Crippen LogP contribution >= 0.6 is 0 Å². The lowest BCUT2D eigenvalue weighted by Gasteiger charge is -2.12. The summed E-state index contributed by atoms with van der Waals surface area (Å²) in [5, 5.41) is 2.47. The van der Waals surface area contributed by atoms with Gasteiger partial charge in [0.1, 0.15) is 5.75 Å². The number of amides is 3. The Morgan fingerprint density at radius 1 is 0.700 bits per heavy atom. The van der Waals surface area contributed by atoms with Crippen LogP contribution in [0.3, 0.4) is 0 Å². The van der Waals surface area contributed by atoms with Gasteiger partial charge in [-0.3, -0.25) is 25.2 Å². The van der Waals surface area contributed by atoms with E-state index in [0.29, 0.717) is 11.3 Å². The van der Waals surface area contributed by atoms with Gasteiger partial charge in [0, 0.05) is 11.1 Å². The van der Waals surface area contributed by atoms with E-state index in [0.717, 1.165) is 11.1 Å². The van der Waals surface area contributed by atoms with Gasteiger partial charge in [0.2, 0.25) is 0 Å². The van der Waals surface area contributed by atoms with Gasteiger partial charge in [0.05, 0.1) is 6.54 Å². The molecule has 3 amide bonds. The van der Waals surface area contributed by atoms with Crippen molar-refractivity contribution in [3.63, 3.8) is 0 Å². The molecule has 3 N–H and O–H groups in total. The number of hydrogen-bond acceptors (Lipinski definition) is 4. The van der Waals surface area contributed by atoms with Crippen LogP contribution in [0.15, 0.2) is 84.9 Å². The molecule has 0 saturated heterocycles. The van der Waals surface area contributed by atoms with E-state index < -0.39 is 11.8 Å². The van der Waals surface area contributed by atoms with E-state index in [1.54, 1.807) is 36.4 Å². The first kappa shape index (κ1) is 20.6. The summed E-state index contributed by atoms with van der Waals surface area (Å²) in [5.74, 6) is -0.906. The van der Waals surface area contributed by atoms with E-state index in [1.807, 2.05) is 48.5 Å². The van der Waals surface area contributed by atoms with Crippen molar-refractivity contribution in [1.82, 2.24) is 16.2 Å². The number of ether oxygens (including phenoxy) is 1. The zero-order chi connectivity index (χ0) is 21.2. The number of nitrogens with one attached hydrogen (secondary N) is 3. The molecule has 0 aromatic heterocycles. The lowest BCUT2D eigenvalue weighted by atomic mass is 10.1. The first-order valence-corrected chi connectivity index (χ1v) is 9.31. The molecule has 0 unspecified atom stereocenters. The van der Waals surface area contributed by atoms with E-state index in [-0.39, 0.29) is 19.1 Å². The van der Waals surface area contributed by atoms with Gasteiger partial charge < -0.3 is 10.1 Å². The highest BCUT2D eigenvalue weighted by molar-refractivity contribution is 5.96. The number of hydrogen-bond donors (Lipinski definition) is 3. The van der Waals surface area contributed by atoms with Crippen molar-refractivity contribution >= 4 is 17.7 Å². The summed E-state index contributed by atoms with van der Waals surface area (Å²) in [6.07, 6.45) is 0. The third-order valence-corrected chi connectivity index (χ3v) is 4.12. The Morgan fingerprint density at radius 3 is 2.03 bits per heavy atom. The molecule has 0 fully saturated rings. The molecule has 3 aromatic rings. The van der Waals surface area contributed by atoms with Gasteiger partial charge in [-0.2, -0.15) is 0 Å². The van der Waals surface area contributed by atoms with Crippen LogP contribution in [0.4, 0.5) is 0 Å². The van der Waals surface area contributed by atoms with Crippen LogP contribution in [-0.2, 0) is 9.59 Å². The molecule has 3 rings (SSSR count). The van der Waals surface area contributed by atoms with Gasteiger partial charge in [-0.15, -0.1) is 0 Å². The molecular weight excluding hydrogens is 382 g/mol. The number of carbonyl (C=O) groups excluding carboxylic acids is 3. The molecule has 0 heterocycles. The lowest BCUT2D eigenvalue weighted by Crippen LogP contribution is -2.47. The Morgan fingerprint density at radius 2 is 1.30 bits per heavy atom. The molecule has 0 radical (unpaired) electrons. The zero-order valence-corrected chi connectivity index (χ0v) is 16.1. The topological polar surface area (TPSA) is 96.5 Å². The minimum atomic E-state index is -0.558. The number of para-hydroxylation sites is 1. The Kier molecular flexibility index (Phi) is 7.16. The maximum absolute atomic E-state index is 12.0. The smallest absolute Gasteiger partial charge is 0.276 e. The van der Waals surface area contributed by atoms with E-state index in [2.05, 4.69) is 16.2 Å². The van der Waals surface area contributed by atoms with Crippen molar-refractivity contribution < 1.29 is 19.1 Å². The van der Waals surface area contributed by atoms with Crippen LogP contribution in [0.2, 0.25) is 0 Å². The molecule has 0 spiro atoms. The quantitative estimate of drug-likeness (QED) is 0.528. The number of carbonyl (C=O) groups is 3. The molecule has 0 aliphatic heterocycles. The Hall–Kier alpha value is -4.13. The minimum Gasteiger partial charge on any atom is -0.483 e. The van der Waals surface area contributed by atoms with Crippen molar-refractivity contribution in [3.8, 4) is 16.9 Å². The number of rotatable bonds is 7. The second-order valence-corrected chi connectivity index (χ2v) is 6.30. The average Bonchev–Trinajstić information content (AvgIpc) is 2.81. The highest BCUT2D eigenvalue weighted by atomic mass is 16.5. The molecule has 0 aliphatic rings. The van der Waals surface area contributed by atoms with Gasteiger partial charge >= 0.3 is 0 Å². The van der Waals surface area contributed by atoms with Crippen molar-refractivity contribution in [2.24, 2.45) is 0 Å². The fourth-order valence-electron chi connectivity index (χ4n) is 2.66. The Balaban J connectivity index is 1.43. The predicted octanol–water partition coefficient (Wildman–Crippen LogP) is 2.31. The predicted molar refractivity (Wildman–Crippen MR) is 112 cm³/mol. The largest absolute Gasteiger partial charge is 0.483 e. The summed E-state index contributed by atoms with van der Waals surface area (Å²) in [4.78, 5) is 35.7. The van der Waals surface area contributed by atoms with Gasteiger partial charge in [-0.05, 0) is 23.8 Å². The van der Waals surface area contributed by atoms with Crippen molar-refractivity contribution in [2.75, 3.05) is 13.2 Å². The summed E-state index contributed by atoms with van der Waals surface area (Å²) in [5.41, 5.74) is 6.77. The van der Waals surface area contributed by atoms with Crippen molar-refractivity contribution in [3.05, 3.63) is 90.5 Å². The maximum atomic E-state index is 12.0. The van der Waals surface area contributed by atoms with Crippen LogP contribution in [0.5, 0.6) is 5.75 Å². The Bertz CT molecular complexity index is 1010. The molecular formula is C23H21N3O4. The summed E-state index contributed by atoms with van der Waals surface area (Å²) >= 11 is 0. The molecule has 3 aromatic carbocycles. The van der Waals surface area contributed by atoms with Crippen LogP contribution in [0.1, 0.15) is 10.4 Å². The third-order valence-electron chi connectivity index (χ3n) is 4.12. The van der Waals surface area contributed by atoms with Crippen molar-refractivity contribution in [1.29, 1.82) is 0 Å². The average molecular weight is 403 g/mol. The van der Waals surface area contributed by atoms with Crippen LogP contribution in [0, 0.1) is 0 Å². The second-order valence-electron chi connectivity index (χ2n) is 6.30. The molecule has 0 saturated carbocycles. The Labute approximate surface area is 174 Å². The van der Waals surface area contributed by atoms with Crippen LogP contribution in [0.25, 0.3) is 11.1 Å². The van der Waals surface area contributed by atoms with E-state index in [9.17, 15) is 14.4 Å². The molecule has 0 bridgehead atoms. The summed E-state index contributed by atoms with van der Waals surface area (Å²) in [6.45, 7) is -0.549. The molecule has 7 nitrogen and oxygen atoms in total. The van der Waals surface area contributed by atoms with E-state index in [1.165, 1.54) is 0 Å². The summed E-state index contributed by atoms with van der Waals surface area (Å²) in [7, 11) is 0. The SMILES string of the molecule is O=C(CNC(=O)c1ccccc1)NNC(=O)COc1ccccc1-c1ccccc1. The normalized spacial score (nSPS) is 10.0. The van der Waals surface area contributed by atoms with Crippen LogP contribution in [-0.4, -0.2) is 30.9 Å². The second kappa shape index (κ2) is 10.4. The fourth-order valence-corrected chi connectivity index (χ4v) is 2.66. The van der Waals surface area contributed by atoms with E-state index in [4.69, 9.17) is 4.74 Å². The third kappa shape index (κ3) is 5.93. The first-order valence-electron chi connectivity index (χ1n) is 9.31. The number of benzene rings is 3. The monoisotopic (exact) mass is 403 g/mol. The minimum absolute atomic E-state index is 0.272. The molecule has 0 aliphatic carbocycles. The van der Waals surface area contributed by atoms with E-state index >= 15 is 0 Å².